The minimum Gasteiger partial charge on any atom is -0.497 e. The van der Waals surface area contributed by atoms with Crippen LogP contribution >= 0.6 is 0 Å². The summed E-state index contributed by atoms with van der Waals surface area (Å²) in [6.07, 6.45) is 0.546. The molecule has 1 fully saturated rings. The number of hydrogen-bond donors (Lipinski definition) is 0. The number of carbonyl (C=O) groups excluding carboxylic acids is 1. The second kappa shape index (κ2) is 8.93. The van der Waals surface area contributed by atoms with Gasteiger partial charge in [-0.2, -0.15) is 5.10 Å². The summed E-state index contributed by atoms with van der Waals surface area (Å²) in [7, 11) is 3.71. The van der Waals surface area contributed by atoms with Crippen molar-refractivity contribution in [2.45, 2.75) is 12.5 Å². The van der Waals surface area contributed by atoms with Crippen LogP contribution in [0.25, 0.3) is 0 Å². The summed E-state index contributed by atoms with van der Waals surface area (Å²) >= 11 is 0. The van der Waals surface area contributed by atoms with E-state index in [1.165, 1.54) is 12.1 Å². The summed E-state index contributed by atoms with van der Waals surface area (Å²) in [4.78, 5) is 17.6. The normalized spacial score (nSPS) is 20.3. The van der Waals surface area contributed by atoms with Crippen molar-refractivity contribution in [1.82, 2.24) is 14.8 Å². The Morgan fingerprint density at radius 1 is 1.13 bits per heavy atom. The molecular formula is C23H27FN4O2. The van der Waals surface area contributed by atoms with E-state index in [2.05, 4.69) is 21.9 Å². The second-order valence-electron chi connectivity index (χ2n) is 7.87. The number of carbonyl (C=O) groups is 1. The highest BCUT2D eigenvalue weighted by atomic mass is 19.1. The molecule has 2 aliphatic rings. The van der Waals surface area contributed by atoms with Crippen LogP contribution in [0.5, 0.6) is 5.75 Å². The molecule has 0 bridgehead atoms. The first-order valence-electron chi connectivity index (χ1n) is 10.2. The van der Waals surface area contributed by atoms with Crippen LogP contribution in [0.3, 0.4) is 0 Å². The monoisotopic (exact) mass is 410 g/mol. The lowest BCUT2D eigenvalue weighted by Gasteiger charge is -2.33. The van der Waals surface area contributed by atoms with Gasteiger partial charge in [-0.25, -0.2) is 9.40 Å². The number of halogens is 1. The number of likely N-dealkylation sites (N-methyl/N-ethyl adjacent to an activating group) is 1. The molecule has 2 heterocycles. The Hall–Kier alpha value is -2.77. The predicted molar refractivity (Wildman–Crippen MR) is 114 cm³/mol. The Morgan fingerprint density at radius 2 is 1.87 bits per heavy atom. The van der Waals surface area contributed by atoms with Gasteiger partial charge in [0.15, 0.2) is 0 Å². The Labute approximate surface area is 176 Å². The maximum absolute atomic E-state index is 13.9. The van der Waals surface area contributed by atoms with E-state index in [1.807, 2.05) is 30.3 Å². The molecule has 2 aromatic carbocycles. The van der Waals surface area contributed by atoms with Gasteiger partial charge in [0.05, 0.1) is 25.4 Å². The molecule has 0 aromatic heterocycles. The Bertz CT molecular complexity index is 923. The van der Waals surface area contributed by atoms with E-state index < -0.39 is 0 Å². The topological polar surface area (TPSA) is 48.4 Å². The Kier molecular flexibility index (Phi) is 6.11. The summed E-state index contributed by atoms with van der Waals surface area (Å²) < 4.78 is 19.1. The molecule has 1 atom stereocenters. The number of ether oxygens (including phenoxy) is 1. The first kappa shape index (κ1) is 20.5. The first-order valence-corrected chi connectivity index (χ1v) is 10.2. The van der Waals surface area contributed by atoms with Crippen molar-refractivity contribution in [1.29, 1.82) is 0 Å². The van der Waals surface area contributed by atoms with Crippen LogP contribution in [-0.4, -0.2) is 73.3 Å². The van der Waals surface area contributed by atoms with Gasteiger partial charge in [0, 0.05) is 32.6 Å². The second-order valence-corrected chi connectivity index (χ2v) is 7.87. The van der Waals surface area contributed by atoms with Crippen molar-refractivity contribution in [3.8, 4) is 5.75 Å². The van der Waals surface area contributed by atoms with Gasteiger partial charge in [0.25, 0.3) is 5.91 Å². The van der Waals surface area contributed by atoms with Gasteiger partial charge in [-0.15, -0.1) is 0 Å². The number of rotatable bonds is 5. The number of nitrogens with zero attached hydrogens (tertiary/aromatic N) is 4. The highest BCUT2D eigenvalue weighted by molar-refractivity contribution is 6.03. The molecule has 7 heteroatoms. The van der Waals surface area contributed by atoms with E-state index in [-0.39, 0.29) is 17.8 Å². The molecule has 0 radical (unpaired) electrons. The van der Waals surface area contributed by atoms with Crippen LogP contribution in [0, 0.1) is 5.82 Å². The van der Waals surface area contributed by atoms with Crippen LogP contribution in [-0.2, 0) is 4.79 Å². The molecule has 1 amide bonds. The molecular weight excluding hydrogens is 383 g/mol. The van der Waals surface area contributed by atoms with Gasteiger partial charge in [0.2, 0.25) is 0 Å². The van der Waals surface area contributed by atoms with Crippen molar-refractivity contribution >= 4 is 11.6 Å². The quantitative estimate of drug-likeness (QED) is 0.761. The molecule has 0 N–H and O–H groups in total. The number of amides is 1. The van der Waals surface area contributed by atoms with E-state index in [1.54, 1.807) is 18.2 Å². The van der Waals surface area contributed by atoms with Gasteiger partial charge in [-0.3, -0.25) is 9.69 Å². The number of benzene rings is 2. The lowest BCUT2D eigenvalue weighted by Crippen LogP contribution is -2.48. The van der Waals surface area contributed by atoms with Crippen LogP contribution < -0.4 is 4.74 Å². The minimum absolute atomic E-state index is 0.0580. The van der Waals surface area contributed by atoms with Crippen molar-refractivity contribution in [3.63, 3.8) is 0 Å². The molecule has 1 unspecified atom stereocenters. The first-order chi connectivity index (χ1) is 14.5. The number of methoxy groups -OCH3 is 1. The number of hydrogen-bond acceptors (Lipinski definition) is 5. The molecule has 0 saturated carbocycles. The smallest absolute Gasteiger partial charge is 0.257 e. The molecule has 158 valence electrons. The average Bonchev–Trinajstić information content (AvgIpc) is 3.21. The molecule has 0 aliphatic carbocycles. The van der Waals surface area contributed by atoms with E-state index in [4.69, 9.17) is 4.74 Å². The lowest BCUT2D eigenvalue weighted by atomic mass is 9.98. The maximum Gasteiger partial charge on any atom is 0.257 e. The summed E-state index contributed by atoms with van der Waals surface area (Å²) in [5.41, 5.74) is 2.51. The van der Waals surface area contributed by atoms with Gasteiger partial charge < -0.3 is 9.64 Å². The van der Waals surface area contributed by atoms with Crippen molar-refractivity contribution in [2.75, 3.05) is 46.9 Å². The van der Waals surface area contributed by atoms with E-state index >= 15 is 0 Å². The summed E-state index contributed by atoms with van der Waals surface area (Å²) in [5, 5.41) is 6.23. The standard InChI is InChI=1S/C23H27FN4O2/c1-26-10-12-27(13-11-26)16-23(29)28-22(18-4-3-5-19(24)14-18)15-21(25-28)17-6-8-20(30-2)9-7-17/h3-9,14,22H,10-13,15-16H2,1-2H3. The molecule has 4 rings (SSSR count). The van der Waals surface area contributed by atoms with Crippen LogP contribution in [0.4, 0.5) is 4.39 Å². The average molecular weight is 410 g/mol. The molecule has 1 saturated heterocycles. The fourth-order valence-corrected chi connectivity index (χ4v) is 3.94. The van der Waals surface area contributed by atoms with E-state index in [9.17, 15) is 9.18 Å². The highest BCUT2D eigenvalue weighted by Crippen LogP contribution is 2.33. The summed E-state index contributed by atoms with van der Waals surface area (Å²) in [6, 6.07) is 13.8. The van der Waals surface area contributed by atoms with Crippen LogP contribution in [0.15, 0.2) is 53.6 Å². The Balaban J connectivity index is 1.58. The zero-order valence-electron chi connectivity index (χ0n) is 17.4. The van der Waals surface area contributed by atoms with Gasteiger partial charge in [0.1, 0.15) is 11.6 Å². The van der Waals surface area contributed by atoms with Gasteiger partial charge in [-0.1, -0.05) is 12.1 Å². The van der Waals surface area contributed by atoms with Gasteiger partial charge in [-0.05, 0) is 54.6 Å². The van der Waals surface area contributed by atoms with E-state index in [0.29, 0.717) is 13.0 Å². The largest absolute Gasteiger partial charge is 0.497 e. The van der Waals surface area contributed by atoms with Crippen molar-refractivity contribution in [2.24, 2.45) is 5.10 Å². The summed E-state index contributed by atoms with van der Waals surface area (Å²) in [6.45, 7) is 3.92. The summed E-state index contributed by atoms with van der Waals surface area (Å²) in [5.74, 6) is 0.399. The molecule has 30 heavy (non-hydrogen) atoms. The molecule has 2 aliphatic heterocycles. The minimum atomic E-state index is -0.308. The third-order valence-electron chi connectivity index (χ3n) is 5.78. The van der Waals surface area contributed by atoms with Crippen LogP contribution in [0.2, 0.25) is 0 Å². The zero-order chi connectivity index (χ0) is 21.1. The fourth-order valence-electron chi connectivity index (χ4n) is 3.94. The highest BCUT2D eigenvalue weighted by Gasteiger charge is 2.34. The fraction of sp³-hybridized carbons (Fsp3) is 0.391. The molecule has 2 aromatic rings. The van der Waals surface area contributed by atoms with E-state index in [0.717, 1.165) is 48.8 Å². The Morgan fingerprint density at radius 3 is 2.53 bits per heavy atom. The number of piperazine rings is 1. The molecule has 6 nitrogen and oxygen atoms in total. The van der Waals surface area contributed by atoms with Crippen molar-refractivity contribution < 1.29 is 13.9 Å². The third kappa shape index (κ3) is 4.52. The SMILES string of the molecule is COc1ccc(C2=NN(C(=O)CN3CCN(C)CC3)C(c3cccc(F)c3)C2)cc1. The number of hydrazone groups is 1. The predicted octanol–water partition coefficient (Wildman–Crippen LogP) is 2.76. The van der Waals surface area contributed by atoms with Gasteiger partial charge >= 0.3 is 0 Å². The molecule has 0 spiro atoms. The zero-order valence-corrected chi connectivity index (χ0v) is 17.4. The van der Waals surface area contributed by atoms with Crippen molar-refractivity contribution in [3.05, 3.63) is 65.5 Å². The lowest BCUT2D eigenvalue weighted by molar-refractivity contribution is -0.134. The van der Waals surface area contributed by atoms with Crippen LogP contribution in [0.1, 0.15) is 23.6 Å². The maximum atomic E-state index is 13.9. The third-order valence-corrected chi connectivity index (χ3v) is 5.78.